The molecule has 9 heteroatoms. The van der Waals surface area contributed by atoms with Gasteiger partial charge in [0.05, 0.1) is 17.3 Å². The maximum atomic E-state index is 13.6. The summed E-state index contributed by atoms with van der Waals surface area (Å²) in [5, 5.41) is 10.3. The molecule has 0 radical (unpaired) electrons. The Kier molecular flexibility index (Phi) is 10.4. The van der Waals surface area contributed by atoms with Crippen LogP contribution in [0.2, 0.25) is 0 Å². The number of amides is 2. The van der Waals surface area contributed by atoms with E-state index in [-0.39, 0.29) is 30.3 Å². The molecule has 0 bridgehead atoms. The summed E-state index contributed by atoms with van der Waals surface area (Å²) in [6.45, 7) is 13.3. The van der Waals surface area contributed by atoms with E-state index in [1.807, 2.05) is 100 Å². The van der Waals surface area contributed by atoms with Crippen molar-refractivity contribution in [3.63, 3.8) is 0 Å². The Morgan fingerprint density at radius 1 is 0.867 bits per heavy atom. The van der Waals surface area contributed by atoms with Crippen LogP contribution in [-0.2, 0) is 20.8 Å². The van der Waals surface area contributed by atoms with Gasteiger partial charge in [0, 0.05) is 12.2 Å². The van der Waals surface area contributed by atoms with Crippen molar-refractivity contribution in [3.8, 4) is 5.69 Å². The molecule has 0 aliphatic heterocycles. The number of ether oxygens (including phenoxy) is 2. The van der Waals surface area contributed by atoms with Gasteiger partial charge in [0.25, 0.3) is 5.91 Å². The van der Waals surface area contributed by atoms with Crippen LogP contribution in [0.1, 0.15) is 80.5 Å². The molecule has 4 rings (SSSR count). The van der Waals surface area contributed by atoms with Crippen LogP contribution < -0.4 is 10.6 Å². The summed E-state index contributed by atoms with van der Waals surface area (Å²) >= 11 is 0. The number of carbonyl (C=O) groups is 3. The van der Waals surface area contributed by atoms with Crippen LogP contribution in [0.5, 0.6) is 0 Å². The molecule has 2 atom stereocenters. The molecule has 9 nitrogen and oxygen atoms in total. The first-order valence-electron chi connectivity index (χ1n) is 15.1. The Labute approximate surface area is 264 Å². The normalized spacial score (nSPS) is 12.7. The van der Waals surface area contributed by atoms with E-state index in [1.54, 1.807) is 37.6 Å². The lowest BCUT2D eigenvalue weighted by atomic mass is 9.97. The van der Waals surface area contributed by atoms with E-state index in [4.69, 9.17) is 9.47 Å². The minimum Gasteiger partial charge on any atom is -0.452 e. The van der Waals surface area contributed by atoms with Gasteiger partial charge in [-0.25, -0.2) is 9.48 Å². The molecule has 0 aliphatic rings. The molecule has 2 N–H and O–H groups in total. The standard InChI is InChI=1S/C36H42N4O5/c1-23(2)25(4)34(42)44-32(27-14-9-8-10-15-27)28-16-12-17-29(21-28)38-33(41)31-19-24(3)39-40(31)30-18-11-13-26(20-30)22-37-35(43)45-36(5,6)7/h8-21,23,25,32H,22H2,1-7H3,(H,37,43)(H,38,41)/t25-,32?/m1/s1. The Balaban J connectivity index is 1.55. The summed E-state index contributed by atoms with van der Waals surface area (Å²) in [4.78, 5) is 38.7. The number of nitrogens with zero attached hydrogens (tertiary/aromatic N) is 2. The van der Waals surface area contributed by atoms with E-state index in [9.17, 15) is 14.4 Å². The van der Waals surface area contributed by atoms with E-state index < -0.39 is 17.8 Å². The van der Waals surface area contributed by atoms with Crippen LogP contribution in [-0.4, -0.2) is 33.4 Å². The number of hydrogen-bond donors (Lipinski definition) is 2. The summed E-state index contributed by atoms with van der Waals surface area (Å²) in [7, 11) is 0. The zero-order valence-corrected chi connectivity index (χ0v) is 27.0. The van der Waals surface area contributed by atoms with E-state index in [1.165, 1.54) is 0 Å². The number of alkyl carbamates (subject to hydrolysis) is 1. The van der Waals surface area contributed by atoms with Crippen LogP contribution in [0, 0.1) is 18.8 Å². The number of rotatable bonds is 10. The lowest BCUT2D eigenvalue weighted by molar-refractivity contribution is -0.153. The smallest absolute Gasteiger partial charge is 0.407 e. The highest BCUT2D eigenvalue weighted by atomic mass is 16.6. The number of esters is 1. The van der Waals surface area contributed by atoms with Crippen molar-refractivity contribution in [2.75, 3.05) is 5.32 Å². The number of nitrogens with one attached hydrogen (secondary N) is 2. The molecule has 2 amide bonds. The van der Waals surface area contributed by atoms with Crippen molar-refractivity contribution >= 4 is 23.7 Å². The number of carbonyl (C=O) groups excluding carboxylic acids is 3. The van der Waals surface area contributed by atoms with Crippen LogP contribution in [0.25, 0.3) is 5.69 Å². The van der Waals surface area contributed by atoms with Gasteiger partial charge in [0.15, 0.2) is 6.10 Å². The predicted molar refractivity (Wildman–Crippen MR) is 174 cm³/mol. The van der Waals surface area contributed by atoms with Gasteiger partial charge in [0.2, 0.25) is 0 Å². The van der Waals surface area contributed by atoms with E-state index >= 15 is 0 Å². The third kappa shape index (κ3) is 9.04. The SMILES string of the molecule is Cc1cc(C(=O)Nc2cccc(C(OC(=O)[C@H](C)C(C)C)c3ccccc3)c2)n(-c2cccc(CNC(=O)OC(C)(C)C)c2)n1. The first-order valence-corrected chi connectivity index (χ1v) is 15.1. The summed E-state index contributed by atoms with van der Waals surface area (Å²) in [5.41, 5.74) is 4.01. The number of aryl methyl sites for hydroxylation is 1. The van der Waals surface area contributed by atoms with Gasteiger partial charge < -0.3 is 20.1 Å². The summed E-state index contributed by atoms with van der Waals surface area (Å²) in [6.07, 6.45) is -1.15. The molecule has 0 fully saturated rings. The van der Waals surface area contributed by atoms with E-state index in [0.717, 1.165) is 16.7 Å². The van der Waals surface area contributed by atoms with Gasteiger partial charge >= 0.3 is 12.1 Å². The number of anilines is 1. The largest absolute Gasteiger partial charge is 0.452 e. The molecule has 0 saturated carbocycles. The zero-order valence-electron chi connectivity index (χ0n) is 27.0. The molecule has 0 aliphatic carbocycles. The Morgan fingerprint density at radius 2 is 1.56 bits per heavy atom. The Bertz CT molecular complexity index is 1640. The predicted octanol–water partition coefficient (Wildman–Crippen LogP) is 7.38. The molecule has 4 aromatic rings. The van der Waals surface area contributed by atoms with Crippen molar-refractivity contribution in [3.05, 3.63) is 113 Å². The lowest BCUT2D eigenvalue weighted by Crippen LogP contribution is -2.32. The van der Waals surface area contributed by atoms with Crippen molar-refractivity contribution in [2.45, 2.75) is 66.7 Å². The maximum absolute atomic E-state index is 13.6. The fourth-order valence-electron chi connectivity index (χ4n) is 4.57. The van der Waals surface area contributed by atoms with Gasteiger partial charge in [0.1, 0.15) is 11.3 Å². The fourth-order valence-corrected chi connectivity index (χ4v) is 4.57. The van der Waals surface area contributed by atoms with Gasteiger partial charge in [-0.1, -0.05) is 75.4 Å². The van der Waals surface area contributed by atoms with Gasteiger partial charge in [-0.05, 0) is 80.6 Å². The summed E-state index contributed by atoms with van der Waals surface area (Å²) in [6, 6.07) is 26.0. The number of aromatic nitrogens is 2. The molecule has 236 valence electrons. The second kappa shape index (κ2) is 14.2. The number of hydrogen-bond acceptors (Lipinski definition) is 6. The molecule has 1 aromatic heterocycles. The lowest BCUT2D eigenvalue weighted by Gasteiger charge is -2.23. The van der Waals surface area contributed by atoms with E-state index in [2.05, 4.69) is 15.7 Å². The molecule has 0 spiro atoms. The molecular weight excluding hydrogens is 568 g/mol. The third-order valence-electron chi connectivity index (χ3n) is 7.21. The van der Waals surface area contributed by atoms with Crippen LogP contribution in [0.15, 0.2) is 84.9 Å². The molecule has 3 aromatic carbocycles. The number of benzene rings is 3. The summed E-state index contributed by atoms with van der Waals surface area (Å²) < 4.78 is 12.9. The van der Waals surface area contributed by atoms with Crippen LogP contribution in [0.4, 0.5) is 10.5 Å². The quantitative estimate of drug-likeness (QED) is 0.181. The van der Waals surface area contributed by atoms with Crippen molar-refractivity contribution in [1.82, 2.24) is 15.1 Å². The minimum absolute atomic E-state index is 0.134. The molecule has 0 saturated heterocycles. The fraction of sp³-hybridized carbons (Fsp3) is 0.333. The second-order valence-corrected chi connectivity index (χ2v) is 12.4. The summed E-state index contributed by atoms with van der Waals surface area (Å²) in [5.74, 6) is -0.771. The average molecular weight is 611 g/mol. The first-order chi connectivity index (χ1) is 21.3. The Morgan fingerprint density at radius 3 is 2.24 bits per heavy atom. The maximum Gasteiger partial charge on any atom is 0.407 e. The van der Waals surface area contributed by atoms with Crippen molar-refractivity contribution in [1.29, 1.82) is 0 Å². The van der Waals surface area contributed by atoms with Crippen molar-refractivity contribution < 1.29 is 23.9 Å². The zero-order chi connectivity index (χ0) is 32.7. The first kappa shape index (κ1) is 33.0. The minimum atomic E-state index is -0.637. The molecule has 1 unspecified atom stereocenters. The van der Waals surface area contributed by atoms with Gasteiger partial charge in [-0.15, -0.1) is 0 Å². The Hall–Kier alpha value is -4.92. The molecule has 1 heterocycles. The van der Waals surface area contributed by atoms with Crippen LogP contribution in [0.3, 0.4) is 0 Å². The second-order valence-electron chi connectivity index (χ2n) is 12.4. The topological polar surface area (TPSA) is 112 Å². The van der Waals surface area contributed by atoms with Crippen molar-refractivity contribution in [2.24, 2.45) is 11.8 Å². The third-order valence-corrected chi connectivity index (χ3v) is 7.21. The van der Waals surface area contributed by atoms with E-state index in [0.29, 0.717) is 22.8 Å². The molecular formula is C36H42N4O5. The van der Waals surface area contributed by atoms with Gasteiger partial charge in [-0.2, -0.15) is 5.10 Å². The highest BCUT2D eigenvalue weighted by molar-refractivity contribution is 6.03. The highest BCUT2D eigenvalue weighted by Gasteiger charge is 2.25. The molecule has 45 heavy (non-hydrogen) atoms. The highest BCUT2D eigenvalue weighted by Crippen LogP contribution is 2.30. The average Bonchev–Trinajstić information content (AvgIpc) is 3.40. The van der Waals surface area contributed by atoms with Gasteiger partial charge in [-0.3, -0.25) is 9.59 Å². The monoisotopic (exact) mass is 610 g/mol. The van der Waals surface area contributed by atoms with Crippen LogP contribution >= 0.6 is 0 Å².